The van der Waals surface area contributed by atoms with Crippen molar-refractivity contribution in [1.29, 1.82) is 0 Å². The van der Waals surface area contributed by atoms with Crippen molar-refractivity contribution < 1.29 is 24.2 Å². The number of aliphatic carboxylic acids is 1. The molecule has 0 aromatic heterocycles. The number of alkyl halides is 2. The number of Topliss-reactive ketones (excluding diaryl/α,β-unsaturated/α-hetero) is 1. The van der Waals surface area contributed by atoms with Crippen LogP contribution in [0, 0.1) is 0 Å². The number of rotatable bonds is 10. The van der Waals surface area contributed by atoms with Crippen LogP contribution in [0.1, 0.15) is 45.4 Å². The minimum atomic E-state index is -1.29. The van der Waals surface area contributed by atoms with E-state index in [-0.39, 0.29) is 31.1 Å². The molecular weight excluding hydrogens is 321 g/mol. The molecule has 0 spiro atoms. The second-order valence-corrected chi connectivity index (χ2v) is 5.26. The van der Waals surface area contributed by atoms with Gasteiger partial charge in [-0.1, -0.05) is 49.4 Å². The minimum absolute atomic E-state index is 0.00375. The smallest absolute Gasteiger partial charge is 0.337 e. The molecule has 0 aromatic carbocycles. The van der Waals surface area contributed by atoms with Gasteiger partial charge in [0.2, 0.25) is 4.84 Å². The monoisotopic (exact) mass is 343 g/mol. The Bertz CT molecular complexity index is 311. The predicted octanol–water partition coefficient (Wildman–Crippen LogP) is 2.29. The molecule has 0 bridgehead atoms. The minimum Gasteiger partial charge on any atom is -0.479 e. The Morgan fingerprint density at radius 2 is 1.71 bits per heavy atom. The van der Waals surface area contributed by atoms with Gasteiger partial charge in [0.25, 0.3) is 0 Å². The zero-order valence-corrected chi connectivity index (χ0v) is 13.7. The molecular formula is C13H23Cl2NO5. The Balaban J connectivity index is 0. The van der Waals surface area contributed by atoms with Gasteiger partial charge in [0, 0.05) is 6.42 Å². The summed E-state index contributed by atoms with van der Waals surface area (Å²) in [5.74, 6) is -1.61. The number of halogens is 2. The first-order valence-electron chi connectivity index (χ1n) is 6.73. The Hall–Kier alpha value is -0.850. The fraction of sp³-hybridized carbons (Fsp3) is 0.769. The molecule has 0 unspecified atom stereocenters. The maximum absolute atomic E-state index is 11.1. The first-order valence-corrected chi connectivity index (χ1v) is 7.60. The summed E-state index contributed by atoms with van der Waals surface area (Å²) in [6.07, 6.45) is 4.69. The summed E-state index contributed by atoms with van der Waals surface area (Å²) >= 11 is 9.56. The Morgan fingerprint density at radius 3 is 2.14 bits per heavy atom. The lowest BCUT2D eigenvalue weighted by atomic mass is 10.2. The third kappa shape index (κ3) is 19.1. The van der Waals surface area contributed by atoms with E-state index in [1.54, 1.807) is 0 Å². The average molecular weight is 344 g/mol. The van der Waals surface area contributed by atoms with Crippen LogP contribution in [0.3, 0.4) is 0 Å². The highest BCUT2D eigenvalue weighted by molar-refractivity contribution is 6.52. The molecule has 0 fully saturated rings. The van der Waals surface area contributed by atoms with Gasteiger partial charge in [0.05, 0.1) is 19.6 Å². The van der Waals surface area contributed by atoms with E-state index < -0.39 is 10.8 Å². The number of hydrogen-bond donors (Lipinski definition) is 2. The van der Waals surface area contributed by atoms with Gasteiger partial charge in [-0.2, -0.15) is 0 Å². The number of esters is 1. The van der Waals surface area contributed by atoms with Gasteiger partial charge in [-0.15, -0.1) is 0 Å². The van der Waals surface area contributed by atoms with E-state index in [9.17, 15) is 14.4 Å². The molecule has 0 rings (SSSR count). The van der Waals surface area contributed by atoms with Crippen molar-refractivity contribution in [2.45, 2.75) is 50.3 Å². The van der Waals surface area contributed by atoms with E-state index in [4.69, 9.17) is 38.8 Å². The number of ketones is 1. The third-order valence-electron chi connectivity index (χ3n) is 2.28. The van der Waals surface area contributed by atoms with Gasteiger partial charge in [-0.25, -0.2) is 4.79 Å². The summed E-state index contributed by atoms with van der Waals surface area (Å²) in [4.78, 5) is 30.0. The molecule has 0 radical (unpaired) electrons. The van der Waals surface area contributed by atoms with Gasteiger partial charge < -0.3 is 15.6 Å². The third-order valence-corrected chi connectivity index (χ3v) is 2.66. The molecule has 0 aliphatic heterocycles. The summed E-state index contributed by atoms with van der Waals surface area (Å²) in [6, 6.07) is 0. The number of carboxylic acids is 1. The van der Waals surface area contributed by atoms with Crippen molar-refractivity contribution in [3.05, 3.63) is 0 Å². The molecule has 0 saturated heterocycles. The summed E-state index contributed by atoms with van der Waals surface area (Å²) in [7, 11) is 0. The molecule has 0 heterocycles. The van der Waals surface area contributed by atoms with Gasteiger partial charge in [0.1, 0.15) is 5.78 Å². The number of hydrogen-bond acceptors (Lipinski definition) is 5. The fourth-order valence-electron chi connectivity index (χ4n) is 1.13. The normalized spacial score (nSPS) is 9.76. The van der Waals surface area contributed by atoms with Gasteiger partial charge >= 0.3 is 11.9 Å². The Kier molecular flexibility index (Phi) is 16.6. The van der Waals surface area contributed by atoms with Gasteiger partial charge in [0.15, 0.2) is 0 Å². The Morgan fingerprint density at radius 1 is 1.14 bits per heavy atom. The molecule has 0 aromatic rings. The molecule has 21 heavy (non-hydrogen) atoms. The van der Waals surface area contributed by atoms with E-state index in [0.717, 1.165) is 12.8 Å². The Labute approximate surface area is 134 Å². The molecule has 0 aliphatic carbocycles. The van der Waals surface area contributed by atoms with Crippen molar-refractivity contribution in [3.8, 4) is 0 Å². The second kappa shape index (κ2) is 15.5. The van der Waals surface area contributed by atoms with Crippen LogP contribution in [-0.2, 0) is 19.1 Å². The summed E-state index contributed by atoms with van der Waals surface area (Å²) in [5.41, 5.74) is 5.11. The van der Waals surface area contributed by atoms with E-state index in [1.165, 1.54) is 12.8 Å². The lowest BCUT2D eigenvalue weighted by Gasteiger charge is -2.03. The van der Waals surface area contributed by atoms with Crippen LogP contribution in [0.25, 0.3) is 0 Å². The standard InChI is InChI=1S/C11H21NO3.C2H2Cl2O2/c1-2-3-4-5-8-15-11(14)7-6-10(13)9-12;3-1(4)2(5)6/h2-9,12H2,1H3;1H,(H,5,6). The van der Waals surface area contributed by atoms with Crippen LogP contribution in [0.4, 0.5) is 0 Å². The summed E-state index contributed by atoms with van der Waals surface area (Å²) in [5, 5.41) is 7.73. The number of ether oxygens (including phenoxy) is 1. The molecule has 0 saturated carbocycles. The van der Waals surface area contributed by atoms with Crippen LogP contribution in [0.5, 0.6) is 0 Å². The van der Waals surface area contributed by atoms with E-state index >= 15 is 0 Å². The molecule has 0 aliphatic rings. The highest BCUT2D eigenvalue weighted by Gasteiger charge is 2.06. The average Bonchev–Trinajstić information content (AvgIpc) is 2.45. The van der Waals surface area contributed by atoms with Crippen molar-refractivity contribution in [1.82, 2.24) is 0 Å². The zero-order chi connectivity index (χ0) is 16.7. The largest absolute Gasteiger partial charge is 0.479 e. The fourth-order valence-corrected chi connectivity index (χ4v) is 1.13. The number of nitrogens with two attached hydrogens (primary N) is 1. The van der Waals surface area contributed by atoms with Crippen molar-refractivity contribution in [3.63, 3.8) is 0 Å². The van der Waals surface area contributed by atoms with E-state index in [0.29, 0.717) is 6.61 Å². The second-order valence-electron chi connectivity index (χ2n) is 4.16. The summed E-state index contributed by atoms with van der Waals surface area (Å²) < 4.78 is 4.95. The topological polar surface area (TPSA) is 107 Å². The van der Waals surface area contributed by atoms with E-state index in [1.807, 2.05) is 0 Å². The number of carboxylic acid groups (broad SMARTS) is 1. The van der Waals surface area contributed by atoms with Crippen molar-refractivity contribution in [2.75, 3.05) is 13.2 Å². The van der Waals surface area contributed by atoms with Crippen LogP contribution in [0.15, 0.2) is 0 Å². The number of carbonyl (C=O) groups is 3. The molecule has 0 amide bonds. The van der Waals surface area contributed by atoms with Crippen LogP contribution in [-0.4, -0.2) is 40.8 Å². The van der Waals surface area contributed by atoms with Crippen molar-refractivity contribution in [2.24, 2.45) is 5.73 Å². The van der Waals surface area contributed by atoms with Crippen LogP contribution in [0.2, 0.25) is 0 Å². The first-order chi connectivity index (χ1) is 9.84. The van der Waals surface area contributed by atoms with Crippen molar-refractivity contribution >= 4 is 40.9 Å². The number of carbonyl (C=O) groups excluding carboxylic acids is 2. The molecule has 124 valence electrons. The first kappa shape index (κ1) is 22.4. The molecule has 3 N–H and O–H groups in total. The lowest BCUT2D eigenvalue weighted by molar-refractivity contribution is -0.144. The van der Waals surface area contributed by atoms with Crippen LogP contribution >= 0.6 is 23.2 Å². The quantitative estimate of drug-likeness (QED) is 0.358. The highest BCUT2D eigenvalue weighted by Crippen LogP contribution is 2.00. The molecule has 8 heteroatoms. The molecule has 0 atom stereocenters. The van der Waals surface area contributed by atoms with E-state index in [2.05, 4.69) is 6.92 Å². The summed E-state index contributed by atoms with van der Waals surface area (Å²) in [6.45, 7) is 2.60. The number of unbranched alkanes of at least 4 members (excludes halogenated alkanes) is 3. The maximum atomic E-state index is 11.1. The van der Waals surface area contributed by atoms with Gasteiger partial charge in [-0.3, -0.25) is 9.59 Å². The zero-order valence-electron chi connectivity index (χ0n) is 12.1. The highest BCUT2D eigenvalue weighted by atomic mass is 35.5. The predicted molar refractivity (Wildman–Crippen MR) is 81.5 cm³/mol. The molecule has 6 nitrogen and oxygen atoms in total. The maximum Gasteiger partial charge on any atom is 0.337 e. The lowest BCUT2D eigenvalue weighted by Crippen LogP contribution is -2.15. The van der Waals surface area contributed by atoms with Gasteiger partial charge in [-0.05, 0) is 6.42 Å². The van der Waals surface area contributed by atoms with Crippen LogP contribution < -0.4 is 5.73 Å². The SMILES string of the molecule is CCCCCCOC(=O)CCC(=O)CN.O=C(O)C(Cl)Cl.